The van der Waals surface area contributed by atoms with Gasteiger partial charge in [0.05, 0.1) is 5.02 Å². The quantitative estimate of drug-likeness (QED) is 0.479. The minimum atomic E-state index is -0.216. The number of thiazole rings is 1. The molecule has 0 spiro atoms. The van der Waals surface area contributed by atoms with Gasteiger partial charge in [0.15, 0.2) is 5.13 Å². The lowest BCUT2D eigenvalue weighted by atomic mass is 10.1. The third-order valence-electron chi connectivity index (χ3n) is 3.74. The van der Waals surface area contributed by atoms with E-state index in [2.05, 4.69) is 22.4 Å². The van der Waals surface area contributed by atoms with Crippen LogP contribution in [0, 0.1) is 0 Å². The van der Waals surface area contributed by atoms with Gasteiger partial charge in [0, 0.05) is 27.6 Å². The Morgan fingerprint density at radius 3 is 2.60 bits per heavy atom. The number of carbonyl (C=O) groups excluding carboxylic acids is 1. The van der Waals surface area contributed by atoms with Crippen LogP contribution in [-0.4, -0.2) is 10.9 Å². The van der Waals surface area contributed by atoms with E-state index in [1.807, 2.05) is 42.5 Å². The number of amides is 1. The first-order chi connectivity index (χ1) is 12.2. The highest BCUT2D eigenvalue weighted by atomic mass is 35.5. The van der Waals surface area contributed by atoms with Crippen molar-refractivity contribution in [1.82, 2.24) is 4.98 Å². The molecule has 25 heavy (non-hydrogen) atoms. The van der Waals surface area contributed by atoms with Crippen molar-refractivity contribution in [1.29, 1.82) is 0 Å². The zero-order valence-corrected chi connectivity index (χ0v) is 15.4. The van der Waals surface area contributed by atoms with E-state index in [1.54, 1.807) is 6.20 Å². The van der Waals surface area contributed by atoms with Crippen molar-refractivity contribution in [3.63, 3.8) is 0 Å². The molecule has 4 rings (SSSR count). The maximum absolute atomic E-state index is 12.6. The van der Waals surface area contributed by atoms with Crippen molar-refractivity contribution in [2.24, 2.45) is 0 Å². The summed E-state index contributed by atoms with van der Waals surface area (Å²) < 4.78 is 1.00. The van der Waals surface area contributed by atoms with E-state index in [0.717, 1.165) is 21.4 Å². The van der Waals surface area contributed by atoms with Crippen molar-refractivity contribution in [2.75, 3.05) is 5.32 Å². The summed E-state index contributed by atoms with van der Waals surface area (Å²) in [4.78, 5) is 18.5. The number of nitrogens with zero attached hydrogens (tertiary/aromatic N) is 1. The average Bonchev–Trinajstić information content (AvgIpc) is 3.20. The van der Waals surface area contributed by atoms with Gasteiger partial charge in [-0.05, 0) is 11.6 Å². The standard InChI is InChI=1S/C19H13ClN2OS2/c20-16-14-8-4-5-9-15(14)25-17(16)18(23)22-19-21-11-13(24-19)10-12-6-2-1-3-7-12/h1-9,11H,10H2,(H,21,22,23). The Kier molecular flexibility index (Phi) is 4.53. The topological polar surface area (TPSA) is 42.0 Å². The van der Waals surface area contributed by atoms with Crippen LogP contribution < -0.4 is 5.32 Å². The number of rotatable bonds is 4. The van der Waals surface area contributed by atoms with Crippen LogP contribution in [0.4, 0.5) is 5.13 Å². The number of hydrogen-bond donors (Lipinski definition) is 1. The molecule has 1 amide bonds. The fourth-order valence-electron chi connectivity index (χ4n) is 2.56. The molecule has 0 bridgehead atoms. The summed E-state index contributed by atoms with van der Waals surface area (Å²) in [5.41, 5.74) is 1.22. The zero-order valence-electron chi connectivity index (χ0n) is 13.0. The minimum Gasteiger partial charge on any atom is -0.297 e. The second kappa shape index (κ2) is 6.96. The van der Waals surface area contributed by atoms with E-state index in [1.165, 1.54) is 28.2 Å². The molecule has 0 saturated heterocycles. The van der Waals surface area contributed by atoms with Gasteiger partial charge in [-0.15, -0.1) is 22.7 Å². The van der Waals surface area contributed by atoms with Crippen LogP contribution in [0.5, 0.6) is 0 Å². The highest BCUT2D eigenvalue weighted by molar-refractivity contribution is 7.22. The van der Waals surface area contributed by atoms with Crippen LogP contribution in [0.2, 0.25) is 5.02 Å². The van der Waals surface area contributed by atoms with Crippen molar-refractivity contribution in [3.05, 3.63) is 81.1 Å². The maximum Gasteiger partial charge on any atom is 0.269 e. The monoisotopic (exact) mass is 384 g/mol. The van der Waals surface area contributed by atoms with Gasteiger partial charge in [0.25, 0.3) is 5.91 Å². The van der Waals surface area contributed by atoms with Crippen molar-refractivity contribution in [3.8, 4) is 0 Å². The highest BCUT2D eigenvalue weighted by Crippen LogP contribution is 2.35. The molecule has 2 aromatic heterocycles. The lowest BCUT2D eigenvalue weighted by molar-refractivity contribution is 0.103. The molecule has 0 fully saturated rings. The summed E-state index contributed by atoms with van der Waals surface area (Å²) >= 11 is 9.24. The predicted octanol–water partition coefficient (Wildman–Crippen LogP) is 5.85. The number of anilines is 1. The van der Waals surface area contributed by atoms with Crippen LogP contribution in [0.1, 0.15) is 20.1 Å². The van der Waals surface area contributed by atoms with Crippen LogP contribution in [0.15, 0.2) is 60.8 Å². The number of benzene rings is 2. The molecule has 0 aliphatic rings. The first-order valence-corrected chi connectivity index (χ1v) is 9.69. The lowest BCUT2D eigenvalue weighted by Crippen LogP contribution is -2.10. The average molecular weight is 385 g/mol. The second-order valence-corrected chi connectivity index (χ2v) is 8.03. The van der Waals surface area contributed by atoms with Crippen LogP contribution in [-0.2, 0) is 6.42 Å². The predicted molar refractivity (Wildman–Crippen MR) is 106 cm³/mol. The Morgan fingerprint density at radius 1 is 1.04 bits per heavy atom. The van der Waals surface area contributed by atoms with Crippen LogP contribution >= 0.6 is 34.3 Å². The van der Waals surface area contributed by atoms with Gasteiger partial charge in [-0.3, -0.25) is 10.1 Å². The van der Waals surface area contributed by atoms with Gasteiger partial charge in [-0.1, -0.05) is 60.1 Å². The number of fused-ring (bicyclic) bond motifs is 1. The Hall–Kier alpha value is -2.21. The first kappa shape index (κ1) is 16.3. The van der Waals surface area contributed by atoms with E-state index in [-0.39, 0.29) is 5.91 Å². The maximum atomic E-state index is 12.6. The Labute approximate surface area is 157 Å². The van der Waals surface area contributed by atoms with E-state index >= 15 is 0 Å². The number of aromatic nitrogens is 1. The molecule has 2 aromatic carbocycles. The molecule has 2 heterocycles. The number of halogens is 1. The van der Waals surface area contributed by atoms with Crippen LogP contribution in [0.25, 0.3) is 10.1 Å². The van der Waals surface area contributed by atoms with E-state index in [9.17, 15) is 4.79 Å². The molecule has 1 N–H and O–H groups in total. The summed E-state index contributed by atoms with van der Waals surface area (Å²) in [5, 5.41) is 4.85. The molecule has 0 radical (unpaired) electrons. The van der Waals surface area contributed by atoms with Gasteiger partial charge in [0.2, 0.25) is 0 Å². The van der Waals surface area contributed by atoms with E-state index in [4.69, 9.17) is 11.6 Å². The van der Waals surface area contributed by atoms with Crippen molar-refractivity contribution < 1.29 is 4.79 Å². The van der Waals surface area contributed by atoms with Gasteiger partial charge in [0.1, 0.15) is 4.88 Å². The summed E-state index contributed by atoms with van der Waals surface area (Å²) in [6.07, 6.45) is 2.61. The molecular weight excluding hydrogens is 372 g/mol. The molecular formula is C19H13ClN2OS2. The van der Waals surface area contributed by atoms with E-state index in [0.29, 0.717) is 15.0 Å². The van der Waals surface area contributed by atoms with Gasteiger partial charge in [-0.2, -0.15) is 0 Å². The number of thiophene rings is 1. The second-order valence-electron chi connectivity index (χ2n) is 5.49. The normalized spacial score (nSPS) is 10.9. The molecule has 124 valence electrons. The molecule has 6 heteroatoms. The summed E-state index contributed by atoms with van der Waals surface area (Å²) in [6.45, 7) is 0. The molecule has 0 atom stereocenters. The molecule has 4 aromatic rings. The highest BCUT2D eigenvalue weighted by Gasteiger charge is 2.18. The van der Waals surface area contributed by atoms with Gasteiger partial charge < -0.3 is 0 Å². The van der Waals surface area contributed by atoms with E-state index < -0.39 is 0 Å². The summed E-state index contributed by atoms with van der Waals surface area (Å²) in [6, 6.07) is 17.9. The lowest BCUT2D eigenvalue weighted by Gasteiger charge is -1.99. The SMILES string of the molecule is O=C(Nc1ncc(Cc2ccccc2)s1)c1sc2ccccc2c1Cl. The minimum absolute atomic E-state index is 0.216. The Bertz CT molecular complexity index is 1040. The molecule has 0 aliphatic heterocycles. The Balaban J connectivity index is 1.52. The van der Waals surface area contributed by atoms with Crippen LogP contribution in [0.3, 0.4) is 0 Å². The van der Waals surface area contributed by atoms with Crippen molar-refractivity contribution >= 4 is 55.4 Å². The number of hydrogen-bond acceptors (Lipinski definition) is 4. The third-order valence-corrected chi connectivity index (χ3v) is 6.32. The zero-order chi connectivity index (χ0) is 17.2. The largest absolute Gasteiger partial charge is 0.297 e. The number of nitrogens with one attached hydrogen (secondary N) is 1. The molecule has 0 unspecified atom stereocenters. The summed E-state index contributed by atoms with van der Waals surface area (Å²) in [5.74, 6) is -0.216. The molecule has 3 nitrogen and oxygen atoms in total. The first-order valence-electron chi connectivity index (χ1n) is 7.68. The smallest absolute Gasteiger partial charge is 0.269 e. The third kappa shape index (κ3) is 3.44. The van der Waals surface area contributed by atoms with Gasteiger partial charge >= 0.3 is 0 Å². The molecule has 0 saturated carbocycles. The Morgan fingerprint density at radius 2 is 1.80 bits per heavy atom. The molecule has 0 aliphatic carbocycles. The fraction of sp³-hybridized carbons (Fsp3) is 0.0526. The summed E-state index contributed by atoms with van der Waals surface area (Å²) in [7, 11) is 0. The number of carbonyl (C=O) groups is 1. The fourth-order valence-corrected chi connectivity index (χ4v) is 4.81. The van der Waals surface area contributed by atoms with Gasteiger partial charge in [-0.25, -0.2) is 4.98 Å². The van der Waals surface area contributed by atoms with Crippen molar-refractivity contribution in [2.45, 2.75) is 6.42 Å².